The van der Waals surface area contributed by atoms with Gasteiger partial charge in [0.25, 0.3) is 0 Å². The molecule has 0 amide bonds. The zero-order chi connectivity index (χ0) is 14.0. The Hall–Kier alpha value is -1.21. The molecule has 100 valence electrons. The molecule has 19 heavy (non-hydrogen) atoms. The smallest absolute Gasteiger partial charge is 0.419 e. The lowest BCUT2D eigenvalue weighted by Gasteiger charge is -2.11. The normalized spacial score (nSPS) is 11.6. The van der Waals surface area contributed by atoms with Crippen molar-refractivity contribution < 1.29 is 18.3 Å². The Bertz CT molecular complexity index is 604. The molecule has 2 rings (SSSR count). The van der Waals surface area contributed by atoms with Crippen molar-refractivity contribution in [2.75, 3.05) is 0 Å². The lowest BCUT2D eigenvalue weighted by molar-refractivity contribution is -0.140. The maximum Gasteiger partial charge on any atom is 0.419 e. The van der Waals surface area contributed by atoms with Crippen LogP contribution in [-0.4, -0.2) is 10.1 Å². The summed E-state index contributed by atoms with van der Waals surface area (Å²) in [7, 11) is 0. The van der Waals surface area contributed by atoms with Crippen molar-refractivity contribution in [3.63, 3.8) is 0 Å². The molecule has 7 heteroatoms. The highest BCUT2D eigenvalue weighted by Gasteiger charge is 2.34. The number of rotatable bonds is 2. The van der Waals surface area contributed by atoms with Crippen molar-refractivity contribution in [3.05, 3.63) is 46.6 Å². The predicted molar refractivity (Wildman–Crippen MR) is 69.2 cm³/mol. The number of benzene rings is 1. The largest absolute Gasteiger partial charge is 0.508 e. The van der Waals surface area contributed by atoms with Gasteiger partial charge in [-0.1, -0.05) is 17.8 Å². The Morgan fingerprint density at radius 2 is 1.95 bits per heavy atom. The lowest BCUT2D eigenvalue weighted by Crippen LogP contribution is -2.08. The highest BCUT2D eigenvalue weighted by atomic mass is 79.9. The average molecular weight is 350 g/mol. The van der Waals surface area contributed by atoms with Gasteiger partial charge in [0.2, 0.25) is 0 Å². The fourth-order valence-corrected chi connectivity index (χ4v) is 2.64. The number of alkyl halides is 3. The quantitative estimate of drug-likeness (QED) is 0.851. The van der Waals surface area contributed by atoms with Crippen LogP contribution in [-0.2, 0) is 6.18 Å². The SMILES string of the molecule is Oc1cccc(Sc2ncc(Br)cc2C(F)(F)F)c1. The molecular formula is C12H7BrF3NOS. The number of phenols is 1. The molecule has 0 fully saturated rings. The van der Waals surface area contributed by atoms with Crippen LogP contribution < -0.4 is 0 Å². The monoisotopic (exact) mass is 349 g/mol. The van der Waals surface area contributed by atoms with Crippen molar-refractivity contribution >= 4 is 27.7 Å². The third-order valence-electron chi connectivity index (χ3n) is 2.16. The number of hydrogen-bond acceptors (Lipinski definition) is 3. The number of nitrogens with zero attached hydrogens (tertiary/aromatic N) is 1. The molecule has 0 unspecified atom stereocenters. The zero-order valence-electron chi connectivity index (χ0n) is 9.28. The third-order valence-corrected chi connectivity index (χ3v) is 3.60. The first kappa shape index (κ1) is 14.2. The molecule has 1 heterocycles. The summed E-state index contributed by atoms with van der Waals surface area (Å²) in [6.45, 7) is 0. The second-order valence-corrected chi connectivity index (χ2v) is 5.58. The van der Waals surface area contributed by atoms with Crippen LogP contribution in [0.5, 0.6) is 5.75 Å². The van der Waals surface area contributed by atoms with E-state index in [0.717, 1.165) is 17.8 Å². The third kappa shape index (κ3) is 3.63. The summed E-state index contributed by atoms with van der Waals surface area (Å²) >= 11 is 3.83. The fourth-order valence-electron chi connectivity index (χ4n) is 1.37. The van der Waals surface area contributed by atoms with Crippen molar-refractivity contribution in [1.29, 1.82) is 0 Å². The van der Waals surface area contributed by atoms with Crippen molar-refractivity contribution in [2.45, 2.75) is 16.1 Å². The molecule has 1 N–H and O–H groups in total. The van der Waals surface area contributed by atoms with E-state index < -0.39 is 11.7 Å². The summed E-state index contributed by atoms with van der Waals surface area (Å²) in [6, 6.07) is 6.98. The number of aromatic hydroxyl groups is 1. The van der Waals surface area contributed by atoms with Gasteiger partial charge in [0.15, 0.2) is 0 Å². The topological polar surface area (TPSA) is 33.1 Å². The summed E-state index contributed by atoms with van der Waals surface area (Å²) in [5.41, 5.74) is -0.810. The highest BCUT2D eigenvalue weighted by molar-refractivity contribution is 9.10. The van der Waals surface area contributed by atoms with Gasteiger partial charge >= 0.3 is 6.18 Å². The molecule has 0 aliphatic carbocycles. The first-order valence-electron chi connectivity index (χ1n) is 5.06. The van der Waals surface area contributed by atoms with Crippen LogP contribution in [0.3, 0.4) is 0 Å². The molecule has 0 aliphatic rings. The maximum atomic E-state index is 12.9. The summed E-state index contributed by atoms with van der Waals surface area (Å²) in [4.78, 5) is 4.27. The second-order valence-electron chi connectivity index (χ2n) is 3.60. The minimum absolute atomic E-state index is 0.00401. The minimum Gasteiger partial charge on any atom is -0.508 e. The number of pyridine rings is 1. The molecule has 0 bridgehead atoms. The van der Waals surface area contributed by atoms with E-state index in [-0.39, 0.29) is 15.2 Å². The van der Waals surface area contributed by atoms with Gasteiger partial charge in [0.05, 0.1) is 5.56 Å². The zero-order valence-corrected chi connectivity index (χ0v) is 11.7. The number of halogens is 4. The first-order valence-corrected chi connectivity index (χ1v) is 6.67. The van der Waals surface area contributed by atoms with E-state index in [9.17, 15) is 18.3 Å². The Morgan fingerprint density at radius 1 is 1.21 bits per heavy atom. The van der Waals surface area contributed by atoms with Crippen LogP contribution in [0, 0.1) is 0 Å². The highest BCUT2D eigenvalue weighted by Crippen LogP contribution is 2.39. The fraction of sp³-hybridized carbons (Fsp3) is 0.0833. The van der Waals surface area contributed by atoms with E-state index in [1.165, 1.54) is 18.3 Å². The molecule has 2 nitrogen and oxygen atoms in total. The molecule has 1 aromatic carbocycles. The predicted octanol–water partition coefficient (Wildman–Crippen LogP) is 4.72. The summed E-state index contributed by atoms with van der Waals surface area (Å²) in [5, 5.41) is 9.15. The van der Waals surface area contributed by atoms with Crippen molar-refractivity contribution in [1.82, 2.24) is 4.98 Å². The maximum absolute atomic E-state index is 12.9. The Labute approximate surface area is 119 Å². The van der Waals surface area contributed by atoms with Crippen LogP contribution >= 0.6 is 27.7 Å². The van der Waals surface area contributed by atoms with Gasteiger partial charge < -0.3 is 5.11 Å². The van der Waals surface area contributed by atoms with Crippen molar-refractivity contribution in [2.24, 2.45) is 0 Å². The summed E-state index contributed by atoms with van der Waals surface area (Å²) in [5.74, 6) is -0.00401. The molecule has 1 aromatic heterocycles. The van der Waals surface area contributed by atoms with Gasteiger partial charge in [-0.05, 0) is 40.2 Å². The van der Waals surface area contributed by atoms with Gasteiger partial charge in [0, 0.05) is 15.6 Å². The minimum atomic E-state index is -4.48. The van der Waals surface area contributed by atoms with Crippen LogP contribution in [0.25, 0.3) is 0 Å². The van der Waals surface area contributed by atoms with Gasteiger partial charge in [-0.25, -0.2) is 4.98 Å². The van der Waals surface area contributed by atoms with Crippen LogP contribution in [0.15, 0.2) is 50.9 Å². The number of aromatic nitrogens is 1. The number of phenolic OH excluding ortho intramolecular Hbond substituents is 1. The summed E-state index contributed by atoms with van der Waals surface area (Å²) in [6.07, 6.45) is -3.17. The molecule has 0 atom stereocenters. The van der Waals surface area contributed by atoms with Gasteiger partial charge in [-0.3, -0.25) is 0 Å². The molecule has 0 saturated carbocycles. The Morgan fingerprint density at radius 3 is 2.58 bits per heavy atom. The Kier molecular flexibility index (Phi) is 4.05. The molecular weight excluding hydrogens is 343 g/mol. The number of hydrogen-bond donors (Lipinski definition) is 1. The molecule has 0 spiro atoms. The second kappa shape index (κ2) is 5.42. The van der Waals surface area contributed by atoms with Crippen LogP contribution in [0.1, 0.15) is 5.56 Å². The average Bonchev–Trinajstić information content (AvgIpc) is 2.30. The molecule has 0 aliphatic heterocycles. The van der Waals surface area contributed by atoms with E-state index >= 15 is 0 Å². The van der Waals surface area contributed by atoms with E-state index in [2.05, 4.69) is 20.9 Å². The molecule has 0 radical (unpaired) electrons. The van der Waals surface area contributed by atoms with Gasteiger partial charge in [-0.15, -0.1) is 0 Å². The molecule has 0 saturated heterocycles. The van der Waals surface area contributed by atoms with E-state index in [4.69, 9.17) is 0 Å². The van der Waals surface area contributed by atoms with E-state index in [1.807, 2.05) is 0 Å². The molecule has 2 aromatic rings. The van der Waals surface area contributed by atoms with Gasteiger partial charge in [0.1, 0.15) is 10.8 Å². The van der Waals surface area contributed by atoms with Gasteiger partial charge in [-0.2, -0.15) is 13.2 Å². The first-order chi connectivity index (χ1) is 8.86. The van der Waals surface area contributed by atoms with E-state index in [1.54, 1.807) is 12.1 Å². The summed E-state index contributed by atoms with van der Waals surface area (Å²) < 4.78 is 38.9. The lowest BCUT2D eigenvalue weighted by atomic mass is 10.3. The standard InChI is InChI=1S/C12H7BrF3NOS/c13-7-4-10(12(14,15)16)11(17-6-7)19-9-3-1-2-8(18)5-9/h1-6,18H. The van der Waals surface area contributed by atoms with Crippen LogP contribution in [0.2, 0.25) is 0 Å². The van der Waals surface area contributed by atoms with Crippen molar-refractivity contribution in [3.8, 4) is 5.75 Å². The van der Waals surface area contributed by atoms with E-state index in [0.29, 0.717) is 4.90 Å². The van der Waals surface area contributed by atoms with Crippen LogP contribution in [0.4, 0.5) is 13.2 Å². The Balaban J connectivity index is 2.40.